The van der Waals surface area contributed by atoms with E-state index in [1.165, 1.54) is 0 Å². The van der Waals surface area contributed by atoms with Gasteiger partial charge in [0.05, 0.1) is 5.25 Å². The Morgan fingerprint density at radius 3 is 2.14 bits per heavy atom. The number of hydrogen-bond donors (Lipinski definition) is 1. The molecular weight excluding hydrogens is 222 g/mol. The normalized spacial score (nSPS) is 11.7. The summed E-state index contributed by atoms with van der Waals surface area (Å²) in [6, 6.07) is 6.53. The first kappa shape index (κ1) is 11.3. The third-order valence-corrected chi connectivity index (χ3v) is 3.74. The Labute approximate surface area is 89.1 Å². The molecule has 14 heavy (non-hydrogen) atoms. The van der Waals surface area contributed by atoms with E-state index >= 15 is 0 Å². The highest BCUT2D eigenvalue weighted by atomic mass is 35.5. The van der Waals surface area contributed by atoms with Crippen molar-refractivity contribution in [2.75, 3.05) is 4.72 Å². The van der Waals surface area contributed by atoms with E-state index in [0.717, 1.165) is 0 Å². The predicted octanol–water partition coefficient (Wildman–Crippen LogP) is 2.49. The van der Waals surface area contributed by atoms with Crippen molar-refractivity contribution in [1.29, 1.82) is 0 Å². The minimum atomic E-state index is -3.26. The van der Waals surface area contributed by atoms with E-state index in [4.69, 9.17) is 11.6 Å². The number of rotatable bonds is 3. The highest BCUT2D eigenvalue weighted by molar-refractivity contribution is 7.93. The smallest absolute Gasteiger partial charge is 0.235 e. The molecule has 0 amide bonds. The topological polar surface area (TPSA) is 46.2 Å². The molecule has 0 aromatic heterocycles. The number of sulfonamides is 1. The number of nitrogens with one attached hydrogen (secondary N) is 1. The van der Waals surface area contributed by atoms with Gasteiger partial charge in [-0.25, -0.2) is 8.42 Å². The van der Waals surface area contributed by atoms with Crippen LogP contribution < -0.4 is 4.72 Å². The Morgan fingerprint density at radius 1 is 1.21 bits per heavy atom. The minimum absolute atomic E-state index is 0.446. The number of hydrogen-bond acceptors (Lipinski definition) is 2. The Balaban J connectivity index is 2.85. The largest absolute Gasteiger partial charge is 0.283 e. The quantitative estimate of drug-likeness (QED) is 0.872. The highest BCUT2D eigenvalue weighted by Gasteiger charge is 2.14. The fourth-order valence-corrected chi connectivity index (χ4v) is 1.63. The van der Waals surface area contributed by atoms with E-state index in [2.05, 4.69) is 4.72 Å². The molecule has 78 valence electrons. The Morgan fingerprint density at radius 2 is 1.71 bits per heavy atom. The number of halogens is 1. The molecule has 1 rings (SSSR count). The van der Waals surface area contributed by atoms with Gasteiger partial charge in [-0.05, 0) is 38.1 Å². The molecule has 0 atom stereocenters. The number of anilines is 1. The van der Waals surface area contributed by atoms with Crippen LogP contribution in [0.3, 0.4) is 0 Å². The molecule has 0 fully saturated rings. The van der Waals surface area contributed by atoms with Crippen molar-refractivity contribution in [3.63, 3.8) is 0 Å². The molecule has 0 spiro atoms. The van der Waals surface area contributed by atoms with Crippen molar-refractivity contribution < 1.29 is 8.42 Å². The van der Waals surface area contributed by atoms with Gasteiger partial charge < -0.3 is 0 Å². The molecule has 0 aliphatic carbocycles. The first-order valence-electron chi connectivity index (χ1n) is 4.19. The van der Waals surface area contributed by atoms with Crippen LogP contribution in [-0.4, -0.2) is 13.7 Å². The molecule has 0 unspecified atom stereocenters. The molecule has 0 heterocycles. The van der Waals surface area contributed by atoms with Crippen molar-refractivity contribution in [3.05, 3.63) is 29.3 Å². The van der Waals surface area contributed by atoms with Crippen LogP contribution in [0.4, 0.5) is 5.69 Å². The Bertz CT molecular complexity index is 397. The zero-order valence-corrected chi connectivity index (χ0v) is 9.56. The van der Waals surface area contributed by atoms with Crippen molar-refractivity contribution in [2.45, 2.75) is 19.1 Å². The maximum atomic E-state index is 11.4. The Hall–Kier alpha value is -0.740. The third-order valence-electron chi connectivity index (χ3n) is 1.72. The molecule has 0 bridgehead atoms. The molecule has 0 saturated carbocycles. The van der Waals surface area contributed by atoms with Gasteiger partial charge in [0.2, 0.25) is 10.0 Å². The van der Waals surface area contributed by atoms with Gasteiger partial charge in [-0.15, -0.1) is 0 Å². The summed E-state index contributed by atoms with van der Waals surface area (Å²) in [4.78, 5) is 0. The van der Waals surface area contributed by atoms with E-state index in [-0.39, 0.29) is 0 Å². The van der Waals surface area contributed by atoms with Crippen LogP contribution in [-0.2, 0) is 10.0 Å². The minimum Gasteiger partial charge on any atom is -0.283 e. The lowest BCUT2D eigenvalue weighted by atomic mass is 10.3. The summed E-state index contributed by atoms with van der Waals surface area (Å²) in [5, 5.41) is 0.135. The van der Waals surface area contributed by atoms with Crippen molar-refractivity contribution in [3.8, 4) is 0 Å². The second-order valence-corrected chi connectivity index (χ2v) is 5.88. The summed E-state index contributed by atoms with van der Waals surface area (Å²) in [7, 11) is -3.26. The molecule has 5 heteroatoms. The monoisotopic (exact) mass is 233 g/mol. The van der Waals surface area contributed by atoms with Gasteiger partial charge in [0, 0.05) is 10.7 Å². The van der Waals surface area contributed by atoms with E-state index in [1.54, 1.807) is 38.1 Å². The SMILES string of the molecule is CC(C)S(=O)(=O)Nc1ccc(Cl)cc1. The van der Waals surface area contributed by atoms with Gasteiger partial charge >= 0.3 is 0 Å². The summed E-state index contributed by atoms with van der Waals surface area (Å²) in [6.45, 7) is 3.25. The van der Waals surface area contributed by atoms with Gasteiger partial charge in [-0.3, -0.25) is 4.72 Å². The standard InChI is InChI=1S/C9H12ClNO2S/c1-7(2)14(12,13)11-9-5-3-8(10)4-6-9/h3-7,11H,1-2H3. The molecule has 3 nitrogen and oxygen atoms in total. The average molecular weight is 234 g/mol. The third kappa shape index (κ3) is 2.89. The molecule has 0 aliphatic heterocycles. The fraction of sp³-hybridized carbons (Fsp3) is 0.333. The summed E-state index contributed by atoms with van der Waals surface area (Å²) >= 11 is 5.67. The van der Waals surface area contributed by atoms with E-state index in [0.29, 0.717) is 10.7 Å². The maximum absolute atomic E-state index is 11.4. The summed E-state index contributed by atoms with van der Waals surface area (Å²) in [6.07, 6.45) is 0. The van der Waals surface area contributed by atoms with Gasteiger partial charge in [0.25, 0.3) is 0 Å². The molecule has 0 radical (unpaired) electrons. The van der Waals surface area contributed by atoms with E-state index in [1.807, 2.05) is 0 Å². The first-order valence-corrected chi connectivity index (χ1v) is 6.11. The molecule has 1 N–H and O–H groups in total. The fourth-order valence-electron chi connectivity index (χ4n) is 0.800. The highest BCUT2D eigenvalue weighted by Crippen LogP contribution is 2.15. The summed E-state index contributed by atoms with van der Waals surface area (Å²) < 4.78 is 25.3. The van der Waals surface area contributed by atoms with Crippen LogP contribution in [0.1, 0.15) is 13.8 Å². The van der Waals surface area contributed by atoms with Gasteiger partial charge in [-0.2, -0.15) is 0 Å². The van der Waals surface area contributed by atoms with Crippen LogP contribution in [0.15, 0.2) is 24.3 Å². The molecule has 0 saturated heterocycles. The molecule has 1 aromatic carbocycles. The summed E-state index contributed by atoms with van der Waals surface area (Å²) in [5.41, 5.74) is 0.531. The van der Waals surface area contributed by atoms with Crippen LogP contribution in [0.25, 0.3) is 0 Å². The average Bonchev–Trinajstić information content (AvgIpc) is 2.08. The van der Waals surface area contributed by atoms with Crippen LogP contribution in [0, 0.1) is 0 Å². The lowest BCUT2D eigenvalue weighted by molar-refractivity contribution is 0.593. The van der Waals surface area contributed by atoms with Gasteiger partial charge in [-0.1, -0.05) is 11.6 Å². The second kappa shape index (κ2) is 4.19. The molecule has 0 aliphatic rings. The zero-order valence-electron chi connectivity index (χ0n) is 7.99. The second-order valence-electron chi connectivity index (χ2n) is 3.20. The summed E-state index contributed by atoms with van der Waals surface area (Å²) in [5.74, 6) is 0. The molecular formula is C9H12ClNO2S. The van der Waals surface area contributed by atoms with Crippen LogP contribution >= 0.6 is 11.6 Å². The number of benzene rings is 1. The maximum Gasteiger partial charge on any atom is 0.235 e. The Kier molecular flexibility index (Phi) is 3.39. The van der Waals surface area contributed by atoms with Crippen LogP contribution in [0.2, 0.25) is 5.02 Å². The van der Waals surface area contributed by atoms with Crippen molar-refractivity contribution in [2.24, 2.45) is 0 Å². The lowest BCUT2D eigenvalue weighted by Gasteiger charge is -2.10. The van der Waals surface area contributed by atoms with Crippen molar-refractivity contribution >= 4 is 27.3 Å². The van der Waals surface area contributed by atoms with Gasteiger partial charge in [0.15, 0.2) is 0 Å². The van der Waals surface area contributed by atoms with Crippen molar-refractivity contribution in [1.82, 2.24) is 0 Å². The molecule has 1 aromatic rings. The van der Waals surface area contributed by atoms with Crippen LogP contribution in [0.5, 0.6) is 0 Å². The van der Waals surface area contributed by atoms with Gasteiger partial charge in [0.1, 0.15) is 0 Å². The lowest BCUT2D eigenvalue weighted by Crippen LogP contribution is -2.22. The predicted molar refractivity (Wildman–Crippen MR) is 59.1 cm³/mol. The first-order chi connectivity index (χ1) is 6.42. The van der Waals surface area contributed by atoms with E-state index < -0.39 is 15.3 Å². The van der Waals surface area contributed by atoms with E-state index in [9.17, 15) is 8.42 Å². The zero-order chi connectivity index (χ0) is 10.8.